The van der Waals surface area contributed by atoms with E-state index in [9.17, 15) is 0 Å². The minimum absolute atomic E-state index is 0.499. The minimum Gasteiger partial charge on any atom is -0.370 e. The molecule has 2 aromatic heterocycles. The summed E-state index contributed by atoms with van der Waals surface area (Å²) >= 11 is 0. The molecular formula is C12H18N4. The Hall–Kier alpha value is -1.55. The second-order valence-electron chi connectivity index (χ2n) is 4.26. The Morgan fingerprint density at radius 2 is 2.25 bits per heavy atom. The number of nitrogens with zero attached hydrogens (tertiary/aromatic N) is 3. The first kappa shape index (κ1) is 11.0. The van der Waals surface area contributed by atoms with Crippen molar-refractivity contribution in [3.8, 4) is 0 Å². The van der Waals surface area contributed by atoms with Crippen LogP contribution in [0.15, 0.2) is 30.6 Å². The van der Waals surface area contributed by atoms with Gasteiger partial charge in [-0.1, -0.05) is 6.07 Å². The van der Waals surface area contributed by atoms with E-state index < -0.39 is 0 Å². The zero-order chi connectivity index (χ0) is 11.5. The zero-order valence-electron chi connectivity index (χ0n) is 10.0. The molecule has 2 heterocycles. The van der Waals surface area contributed by atoms with Crippen LogP contribution >= 0.6 is 0 Å². The van der Waals surface area contributed by atoms with Crippen LogP contribution in [0.5, 0.6) is 0 Å². The van der Waals surface area contributed by atoms with Gasteiger partial charge >= 0.3 is 0 Å². The Kier molecular flexibility index (Phi) is 3.10. The lowest BCUT2D eigenvalue weighted by Crippen LogP contribution is -2.31. The zero-order valence-corrected chi connectivity index (χ0v) is 10.0. The number of rotatable bonds is 4. The third-order valence-corrected chi connectivity index (χ3v) is 2.89. The Bertz CT molecular complexity index is 461. The molecule has 1 N–H and O–H groups in total. The molecule has 16 heavy (non-hydrogen) atoms. The first-order valence-corrected chi connectivity index (χ1v) is 5.51. The van der Waals surface area contributed by atoms with E-state index in [1.54, 1.807) is 0 Å². The first-order chi connectivity index (χ1) is 7.68. The van der Waals surface area contributed by atoms with Crippen molar-refractivity contribution < 1.29 is 0 Å². The number of aromatic nitrogens is 2. The summed E-state index contributed by atoms with van der Waals surface area (Å²) in [6.07, 6.45) is 3.79. The fourth-order valence-electron chi connectivity index (χ4n) is 1.53. The highest BCUT2D eigenvalue weighted by atomic mass is 15.1. The molecule has 0 saturated carbocycles. The SMILES string of the molecule is CC(CNc1cccc2nccn12)N(C)C. The molecule has 0 aliphatic rings. The van der Waals surface area contributed by atoms with Crippen molar-refractivity contribution >= 4 is 11.5 Å². The van der Waals surface area contributed by atoms with Crippen molar-refractivity contribution in [2.24, 2.45) is 0 Å². The largest absolute Gasteiger partial charge is 0.370 e. The van der Waals surface area contributed by atoms with Crippen molar-refractivity contribution in [3.05, 3.63) is 30.6 Å². The van der Waals surface area contributed by atoms with Crippen LogP contribution in [0.3, 0.4) is 0 Å². The van der Waals surface area contributed by atoms with E-state index in [2.05, 4.69) is 46.7 Å². The quantitative estimate of drug-likeness (QED) is 0.847. The Morgan fingerprint density at radius 1 is 1.44 bits per heavy atom. The molecule has 0 aromatic carbocycles. The van der Waals surface area contributed by atoms with Gasteiger partial charge in [-0.3, -0.25) is 4.40 Å². The number of hydrogen-bond donors (Lipinski definition) is 1. The first-order valence-electron chi connectivity index (χ1n) is 5.51. The van der Waals surface area contributed by atoms with E-state index in [1.165, 1.54) is 0 Å². The Morgan fingerprint density at radius 3 is 3.00 bits per heavy atom. The highest BCUT2D eigenvalue weighted by molar-refractivity contribution is 5.49. The van der Waals surface area contributed by atoms with Gasteiger partial charge in [-0.2, -0.15) is 0 Å². The van der Waals surface area contributed by atoms with Gasteiger partial charge in [0.1, 0.15) is 11.5 Å². The average molecular weight is 218 g/mol. The fourth-order valence-corrected chi connectivity index (χ4v) is 1.53. The Labute approximate surface area is 95.9 Å². The van der Waals surface area contributed by atoms with Gasteiger partial charge in [0, 0.05) is 25.0 Å². The van der Waals surface area contributed by atoms with E-state index in [4.69, 9.17) is 0 Å². The summed E-state index contributed by atoms with van der Waals surface area (Å²) in [6.45, 7) is 3.12. The number of fused-ring (bicyclic) bond motifs is 1. The topological polar surface area (TPSA) is 32.6 Å². The van der Waals surface area contributed by atoms with E-state index in [1.807, 2.05) is 24.5 Å². The summed E-state index contributed by atoms with van der Waals surface area (Å²) in [7, 11) is 4.17. The van der Waals surface area contributed by atoms with Crippen LogP contribution in [-0.4, -0.2) is 41.0 Å². The van der Waals surface area contributed by atoms with E-state index in [-0.39, 0.29) is 0 Å². The van der Waals surface area contributed by atoms with E-state index in [0.717, 1.165) is 18.0 Å². The van der Waals surface area contributed by atoms with Gasteiger partial charge in [0.05, 0.1) is 0 Å². The monoisotopic (exact) mass is 218 g/mol. The van der Waals surface area contributed by atoms with Crippen LogP contribution in [0.1, 0.15) is 6.92 Å². The van der Waals surface area contributed by atoms with Gasteiger partial charge in [0.2, 0.25) is 0 Å². The van der Waals surface area contributed by atoms with Gasteiger partial charge in [0.15, 0.2) is 0 Å². The smallest absolute Gasteiger partial charge is 0.138 e. The molecule has 0 aliphatic carbocycles. The van der Waals surface area contributed by atoms with Crippen LogP contribution in [-0.2, 0) is 0 Å². The van der Waals surface area contributed by atoms with E-state index >= 15 is 0 Å². The lowest BCUT2D eigenvalue weighted by molar-refractivity contribution is 0.326. The van der Waals surface area contributed by atoms with Crippen LogP contribution in [0.25, 0.3) is 5.65 Å². The average Bonchev–Trinajstić information content (AvgIpc) is 2.73. The van der Waals surface area contributed by atoms with Crippen LogP contribution in [0.4, 0.5) is 5.82 Å². The van der Waals surface area contributed by atoms with Crippen molar-refractivity contribution in [2.75, 3.05) is 26.0 Å². The highest BCUT2D eigenvalue weighted by Crippen LogP contribution is 2.10. The fraction of sp³-hybridized carbons (Fsp3) is 0.417. The van der Waals surface area contributed by atoms with Crippen molar-refractivity contribution in [1.29, 1.82) is 0 Å². The molecule has 0 saturated heterocycles. The molecule has 0 amide bonds. The molecule has 0 aliphatic heterocycles. The molecule has 0 bridgehead atoms. The molecule has 1 unspecified atom stereocenters. The molecule has 4 heteroatoms. The summed E-state index contributed by atoms with van der Waals surface area (Å²) in [4.78, 5) is 6.45. The summed E-state index contributed by atoms with van der Waals surface area (Å²) < 4.78 is 2.06. The predicted molar refractivity (Wildman–Crippen MR) is 66.8 cm³/mol. The van der Waals surface area contributed by atoms with Gasteiger partial charge in [-0.25, -0.2) is 4.98 Å². The molecule has 0 spiro atoms. The number of anilines is 1. The highest BCUT2D eigenvalue weighted by Gasteiger charge is 2.05. The Balaban J connectivity index is 2.12. The molecule has 0 fully saturated rings. The van der Waals surface area contributed by atoms with Crippen molar-refractivity contribution in [2.45, 2.75) is 13.0 Å². The van der Waals surface area contributed by atoms with Crippen LogP contribution in [0, 0.1) is 0 Å². The molecule has 0 radical (unpaired) electrons. The minimum atomic E-state index is 0.499. The summed E-state index contributed by atoms with van der Waals surface area (Å²) in [5.74, 6) is 1.09. The standard InChI is InChI=1S/C12H18N4/c1-10(15(2)3)9-14-12-6-4-5-11-13-7-8-16(11)12/h4-8,10,14H,9H2,1-3H3. The predicted octanol–water partition coefficient (Wildman–Crippen LogP) is 1.70. The molecule has 4 nitrogen and oxygen atoms in total. The maximum atomic E-state index is 4.25. The number of imidazole rings is 1. The summed E-state index contributed by atoms with van der Waals surface area (Å²) in [6, 6.07) is 6.58. The maximum absolute atomic E-state index is 4.25. The van der Waals surface area contributed by atoms with Crippen LogP contribution < -0.4 is 5.32 Å². The van der Waals surface area contributed by atoms with E-state index in [0.29, 0.717) is 6.04 Å². The van der Waals surface area contributed by atoms with Gasteiger partial charge in [0.25, 0.3) is 0 Å². The molecule has 2 rings (SSSR count). The normalized spacial score (nSPS) is 13.2. The third-order valence-electron chi connectivity index (χ3n) is 2.89. The molecular weight excluding hydrogens is 200 g/mol. The second kappa shape index (κ2) is 4.53. The summed E-state index contributed by atoms with van der Waals surface area (Å²) in [5.41, 5.74) is 0.975. The number of likely N-dealkylation sites (N-methyl/N-ethyl adjacent to an activating group) is 1. The molecule has 1 atom stereocenters. The van der Waals surface area contributed by atoms with Gasteiger partial charge < -0.3 is 10.2 Å². The van der Waals surface area contributed by atoms with Crippen molar-refractivity contribution in [1.82, 2.24) is 14.3 Å². The molecule has 86 valence electrons. The van der Waals surface area contributed by atoms with Crippen LogP contribution in [0.2, 0.25) is 0 Å². The second-order valence-corrected chi connectivity index (χ2v) is 4.26. The summed E-state index contributed by atoms with van der Waals surface area (Å²) in [5, 5.41) is 3.44. The lowest BCUT2D eigenvalue weighted by atomic mass is 10.3. The van der Waals surface area contributed by atoms with Gasteiger partial charge in [-0.15, -0.1) is 0 Å². The molecule has 2 aromatic rings. The number of nitrogens with one attached hydrogen (secondary N) is 1. The number of hydrogen-bond acceptors (Lipinski definition) is 3. The maximum Gasteiger partial charge on any atom is 0.138 e. The van der Waals surface area contributed by atoms with Gasteiger partial charge in [-0.05, 0) is 33.2 Å². The van der Waals surface area contributed by atoms with Crippen molar-refractivity contribution in [3.63, 3.8) is 0 Å². The number of pyridine rings is 1. The third kappa shape index (κ3) is 2.17. The lowest BCUT2D eigenvalue weighted by Gasteiger charge is -2.20.